The topological polar surface area (TPSA) is 41.9 Å². The molecule has 2 heterocycles. The molecule has 2 aromatic heterocycles. The first-order chi connectivity index (χ1) is 16.8. The van der Waals surface area contributed by atoms with Gasteiger partial charge in [0, 0.05) is 33.3 Å². The van der Waals surface area contributed by atoms with Gasteiger partial charge in [-0.15, -0.1) is 0 Å². The number of furan rings is 1. The van der Waals surface area contributed by atoms with Crippen molar-refractivity contribution in [1.82, 2.24) is 4.57 Å². The Morgan fingerprint density at radius 1 is 0.588 bits per heavy atom. The molecule has 0 aliphatic rings. The first-order valence-corrected chi connectivity index (χ1v) is 11.4. The molecule has 0 unspecified atom stereocenters. The highest BCUT2D eigenvalue weighted by molar-refractivity contribution is 6.10. The van der Waals surface area contributed by atoms with Crippen molar-refractivity contribution in [2.45, 2.75) is 0 Å². The average Bonchev–Trinajstić information content (AvgIpc) is 3.44. The van der Waals surface area contributed by atoms with Gasteiger partial charge in [-0.2, -0.15) is 0 Å². The predicted molar refractivity (Wildman–Crippen MR) is 141 cm³/mol. The van der Waals surface area contributed by atoms with E-state index in [1.165, 1.54) is 28.0 Å². The summed E-state index contributed by atoms with van der Waals surface area (Å²) in [6, 6.07) is 37.9. The molecule has 34 heavy (non-hydrogen) atoms. The molecule has 0 saturated heterocycles. The fraction of sp³-hybridized carbons (Fsp3) is 0. The van der Waals surface area contributed by atoms with Crippen LogP contribution in [-0.2, 0) is 0 Å². The average molecular weight is 437 g/mol. The summed E-state index contributed by atoms with van der Waals surface area (Å²) in [5, 5.41) is 12.6. The molecule has 1 N–H and O–H groups in total. The molecule has 0 atom stereocenters. The normalized spacial score (nSPS) is 11.6. The number of aromatic nitrogens is 1. The molecule has 0 amide bonds. The van der Waals surface area contributed by atoms with Gasteiger partial charge in [0.15, 0.2) is 0 Å². The van der Waals surface area contributed by atoms with Crippen LogP contribution in [0.3, 0.4) is 0 Å². The molecule has 0 aliphatic heterocycles. The highest BCUT2D eigenvalue weighted by Gasteiger charge is 2.16. The molecular weight excluding hydrogens is 416 g/mol. The zero-order valence-corrected chi connectivity index (χ0v) is 18.3. The van der Waals surface area contributed by atoms with Gasteiger partial charge in [-0.25, -0.2) is 0 Å². The third kappa shape index (κ3) is 2.67. The van der Waals surface area contributed by atoms with Crippen LogP contribution in [0, 0.1) is 5.41 Å². The highest BCUT2D eigenvalue weighted by atomic mass is 16.3. The number of nitrogens with zero attached hydrogens (tertiary/aromatic N) is 1. The molecule has 7 aromatic rings. The number of fused-ring (bicyclic) bond motifs is 6. The van der Waals surface area contributed by atoms with E-state index < -0.39 is 0 Å². The summed E-state index contributed by atoms with van der Waals surface area (Å²) in [5.41, 5.74) is 8.26. The van der Waals surface area contributed by atoms with Crippen molar-refractivity contribution in [2.24, 2.45) is 0 Å². The van der Waals surface area contributed by atoms with Crippen LogP contribution in [-0.4, -0.2) is 10.8 Å². The Labute approximate surface area is 196 Å². The lowest BCUT2D eigenvalue weighted by Gasteiger charge is -2.15. The molecule has 7 rings (SSSR count). The summed E-state index contributed by atoms with van der Waals surface area (Å²) in [6.45, 7) is 0. The third-order valence-corrected chi connectivity index (χ3v) is 6.70. The van der Waals surface area contributed by atoms with Crippen LogP contribution in [0.2, 0.25) is 0 Å². The summed E-state index contributed by atoms with van der Waals surface area (Å²) < 4.78 is 8.40. The monoisotopic (exact) mass is 436 g/mol. The van der Waals surface area contributed by atoms with Gasteiger partial charge in [0.2, 0.25) is 0 Å². The minimum absolute atomic E-state index is 0.872. The lowest BCUT2D eigenvalue weighted by molar-refractivity contribution is 0.669. The summed E-state index contributed by atoms with van der Waals surface area (Å²) >= 11 is 0. The van der Waals surface area contributed by atoms with Crippen LogP contribution >= 0.6 is 0 Å². The molecular formula is C31H20N2O. The standard InChI is InChI=1S/C31H20N2O/c32-19-20-13-15-29(33-27-10-4-1-7-22(27)23-8-2-5-11-28(23)33)25(17-20)21-14-16-31-26(18-21)24-9-3-6-12-30(24)34-31/h1-19,32H. The fourth-order valence-electron chi connectivity index (χ4n) is 5.15. The molecule has 3 nitrogen and oxygen atoms in total. The van der Waals surface area contributed by atoms with E-state index in [1.807, 2.05) is 24.3 Å². The molecule has 160 valence electrons. The molecule has 0 bridgehead atoms. The van der Waals surface area contributed by atoms with E-state index in [9.17, 15) is 0 Å². The van der Waals surface area contributed by atoms with Crippen molar-refractivity contribution >= 4 is 50.0 Å². The van der Waals surface area contributed by atoms with Crippen LogP contribution in [0.15, 0.2) is 114 Å². The molecule has 3 heteroatoms. The minimum Gasteiger partial charge on any atom is -0.456 e. The molecule has 0 fully saturated rings. The Hall–Kier alpha value is -4.63. The van der Waals surface area contributed by atoms with Crippen LogP contribution in [0.25, 0.3) is 60.6 Å². The van der Waals surface area contributed by atoms with Crippen molar-refractivity contribution in [3.8, 4) is 16.8 Å². The maximum absolute atomic E-state index is 7.88. The smallest absolute Gasteiger partial charge is 0.135 e. The molecule has 0 aliphatic carbocycles. The van der Waals surface area contributed by atoms with E-state index in [1.54, 1.807) is 0 Å². The first kappa shape index (κ1) is 18.9. The van der Waals surface area contributed by atoms with Gasteiger partial charge in [0.05, 0.1) is 16.7 Å². The van der Waals surface area contributed by atoms with E-state index in [0.717, 1.165) is 44.3 Å². The van der Waals surface area contributed by atoms with Crippen molar-refractivity contribution in [3.63, 3.8) is 0 Å². The zero-order chi connectivity index (χ0) is 22.6. The Balaban J connectivity index is 1.57. The minimum atomic E-state index is 0.872. The quantitative estimate of drug-likeness (QED) is 0.278. The molecule has 0 saturated carbocycles. The SMILES string of the molecule is N=Cc1ccc(-n2c3ccccc3c3ccccc32)c(-c2ccc3oc4ccccc4c3c2)c1. The lowest BCUT2D eigenvalue weighted by Crippen LogP contribution is -1.98. The number of para-hydroxylation sites is 3. The predicted octanol–water partition coefficient (Wildman–Crippen LogP) is 8.35. The Bertz CT molecular complexity index is 1830. The Kier molecular flexibility index (Phi) is 4.00. The van der Waals surface area contributed by atoms with E-state index in [-0.39, 0.29) is 0 Å². The van der Waals surface area contributed by atoms with Crippen molar-refractivity contribution in [2.75, 3.05) is 0 Å². The largest absolute Gasteiger partial charge is 0.456 e. The van der Waals surface area contributed by atoms with E-state index in [0.29, 0.717) is 0 Å². The lowest BCUT2D eigenvalue weighted by atomic mass is 9.98. The van der Waals surface area contributed by atoms with Crippen LogP contribution in [0.1, 0.15) is 5.56 Å². The van der Waals surface area contributed by atoms with Gasteiger partial charge in [-0.05, 0) is 53.6 Å². The van der Waals surface area contributed by atoms with Gasteiger partial charge in [0.25, 0.3) is 0 Å². The van der Waals surface area contributed by atoms with Crippen LogP contribution in [0.5, 0.6) is 0 Å². The Morgan fingerprint density at radius 3 is 1.97 bits per heavy atom. The number of rotatable bonds is 3. The molecule has 0 radical (unpaired) electrons. The first-order valence-electron chi connectivity index (χ1n) is 11.4. The second-order valence-electron chi connectivity index (χ2n) is 8.60. The molecule has 5 aromatic carbocycles. The Morgan fingerprint density at radius 2 is 1.24 bits per heavy atom. The summed E-state index contributed by atoms with van der Waals surface area (Å²) in [4.78, 5) is 0. The van der Waals surface area contributed by atoms with E-state index in [2.05, 4.69) is 89.5 Å². The van der Waals surface area contributed by atoms with Gasteiger partial charge in [-0.3, -0.25) is 0 Å². The number of nitrogens with one attached hydrogen (secondary N) is 1. The van der Waals surface area contributed by atoms with Gasteiger partial charge >= 0.3 is 0 Å². The van der Waals surface area contributed by atoms with Gasteiger partial charge in [0.1, 0.15) is 11.2 Å². The van der Waals surface area contributed by atoms with Crippen molar-refractivity contribution in [3.05, 3.63) is 115 Å². The van der Waals surface area contributed by atoms with Gasteiger partial charge in [-0.1, -0.05) is 66.7 Å². The summed E-state index contributed by atoms with van der Waals surface area (Å²) in [7, 11) is 0. The fourth-order valence-corrected chi connectivity index (χ4v) is 5.15. The number of hydrogen-bond donors (Lipinski definition) is 1. The third-order valence-electron chi connectivity index (χ3n) is 6.70. The van der Waals surface area contributed by atoms with Crippen LogP contribution in [0.4, 0.5) is 0 Å². The number of hydrogen-bond acceptors (Lipinski definition) is 2. The second kappa shape index (κ2) is 7.19. The molecule has 0 spiro atoms. The van der Waals surface area contributed by atoms with Gasteiger partial charge < -0.3 is 14.4 Å². The summed E-state index contributed by atoms with van der Waals surface area (Å²) in [5.74, 6) is 0. The van der Waals surface area contributed by atoms with Crippen molar-refractivity contribution < 1.29 is 4.42 Å². The van der Waals surface area contributed by atoms with Crippen molar-refractivity contribution in [1.29, 1.82) is 5.41 Å². The zero-order valence-electron chi connectivity index (χ0n) is 18.3. The second-order valence-corrected chi connectivity index (χ2v) is 8.60. The summed E-state index contributed by atoms with van der Waals surface area (Å²) in [6.07, 6.45) is 1.41. The maximum atomic E-state index is 7.88. The number of benzene rings is 5. The maximum Gasteiger partial charge on any atom is 0.135 e. The highest BCUT2D eigenvalue weighted by Crippen LogP contribution is 2.38. The van der Waals surface area contributed by atoms with Crippen LogP contribution < -0.4 is 0 Å². The van der Waals surface area contributed by atoms with E-state index >= 15 is 0 Å². The van der Waals surface area contributed by atoms with E-state index in [4.69, 9.17) is 9.83 Å².